The first-order chi connectivity index (χ1) is 16.5. The Morgan fingerprint density at radius 3 is 2.53 bits per heavy atom. The summed E-state index contributed by atoms with van der Waals surface area (Å²) < 4.78 is 1.56. The number of rotatable bonds is 8. The number of nitrogens with one attached hydrogen (secondary N) is 2. The lowest BCUT2D eigenvalue weighted by atomic mass is 10.1. The van der Waals surface area contributed by atoms with Gasteiger partial charge in [-0.05, 0) is 35.7 Å². The number of hydrogen-bond donors (Lipinski definition) is 4. The number of amidine groups is 1. The average Bonchev–Trinajstić information content (AvgIpc) is 3.15. The maximum atomic E-state index is 12.8. The number of benzene rings is 2. The van der Waals surface area contributed by atoms with Gasteiger partial charge >= 0.3 is 0 Å². The number of aromatic nitrogens is 3. The van der Waals surface area contributed by atoms with E-state index in [2.05, 4.69) is 15.4 Å². The molecule has 4 rings (SSSR count). The molecule has 2 aromatic carbocycles. The molecule has 2 heterocycles. The zero-order chi connectivity index (χ0) is 23.9. The first-order valence-corrected chi connectivity index (χ1v) is 11.1. The Morgan fingerprint density at radius 1 is 1.12 bits per heavy atom. The molecular formula is C26H28N6O2. The molecule has 4 aromatic rings. The van der Waals surface area contributed by atoms with Crippen molar-refractivity contribution in [3.8, 4) is 11.3 Å². The number of para-hydroxylation sites is 1. The van der Waals surface area contributed by atoms with E-state index in [-0.39, 0.29) is 29.5 Å². The number of aliphatic imine (C=N–C) groups is 1. The number of H-pyrrole nitrogens is 1. The highest BCUT2D eigenvalue weighted by Crippen LogP contribution is 2.18. The number of nitrogens with two attached hydrogens (primary N) is 1. The highest BCUT2D eigenvalue weighted by Gasteiger charge is 2.19. The normalized spacial score (nSPS) is 12.5. The molecular weight excluding hydrogens is 428 g/mol. The van der Waals surface area contributed by atoms with Gasteiger partial charge in [0.05, 0.1) is 12.2 Å². The number of hydrogen-bond acceptors (Lipinski definition) is 5. The molecule has 0 saturated carbocycles. The topological polar surface area (TPSA) is 121 Å². The summed E-state index contributed by atoms with van der Waals surface area (Å²) in [5, 5.41) is 15.4. The summed E-state index contributed by atoms with van der Waals surface area (Å²) >= 11 is 0. The van der Waals surface area contributed by atoms with Crippen LogP contribution in [0, 0.1) is 5.92 Å². The fourth-order valence-electron chi connectivity index (χ4n) is 3.56. The maximum Gasteiger partial charge on any atom is 0.277 e. The minimum absolute atomic E-state index is 0.00725. The minimum atomic E-state index is -0.338. The van der Waals surface area contributed by atoms with E-state index in [0.29, 0.717) is 18.9 Å². The van der Waals surface area contributed by atoms with Gasteiger partial charge in [-0.1, -0.05) is 55.5 Å². The third-order valence-electron chi connectivity index (χ3n) is 5.42. The number of pyridine rings is 1. The minimum Gasteiger partial charge on any atom is -0.396 e. The van der Waals surface area contributed by atoms with Crippen molar-refractivity contribution in [2.75, 3.05) is 17.7 Å². The van der Waals surface area contributed by atoms with Crippen LogP contribution in [-0.4, -0.2) is 32.3 Å². The Kier molecular flexibility index (Phi) is 7.19. The predicted molar refractivity (Wildman–Crippen MR) is 136 cm³/mol. The third kappa shape index (κ3) is 5.41. The summed E-state index contributed by atoms with van der Waals surface area (Å²) in [5.41, 5.74) is 9.98. The van der Waals surface area contributed by atoms with Gasteiger partial charge in [0, 0.05) is 30.6 Å². The first kappa shape index (κ1) is 23.0. The van der Waals surface area contributed by atoms with E-state index in [0.717, 1.165) is 22.5 Å². The number of aliphatic hydroxyl groups excluding tert-OH is 1. The molecule has 8 nitrogen and oxygen atoms in total. The van der Waals surface area contributed by atoms with Gasteiger partial charge in [0.15, 0.2) is 0 Å². The second-order valence-electron chi connectivity index (χ2n) is 8.17. The Morgan fingerprint density at radius 2 is 1.85 bits per heavy atom. The molecule has 0 amide bonds. The van der Waals surface area contributed by atoms with Crippen LogP contribution in [0.5, 0.6) is 0 Å². The highest BCUT2D eigenvalue weighted by molar-refractivity contribution is 6.10. The lowest BCUT2D eigenvalue weighted by Crippen LogP contribution is -2.22. The molecule has 0 aliphatic heterocycles. The molecule has 0 fully saturated rings. The monoisotopic (exact) mass is 456 g/mol. The maximum absolute atomic E-state index is 12.8. The fourth-order valence-corrected chi connectivity index (χ4v) is 3.56. The smallest absolute Gasteiger partial charge is 0.277 e. The van der Waals surface area contributed by atoms with Crippen molar-refractivity contribution in [1.82, 2.24) is 14.8 Å². The van der Waals surface area contributed by atoms with E-state index in [1.807, 2.05) is 79.7 Å². The molecule has 174 valence electrons. The number of aliphatic hydroxyl groups is 1. The Bertz CT molecular complexity index is 1290. The molecule has 0 unspecified atom stereocenters. The van der Waals surface area contributed by atoms with Crippen LogP contribution in [-0.2, 0) is 13.1 Å². The Hall–Kier alpha value is -4.17. The van der Waals surface area contributed by atoms with Gasteiger partial charge < -0.3 is 16.2 Å². The fraction of sp³-hybridized carbons (Fsp3) is 0.192. The van der Waals surface area contributed by atoms with Crippen LogP contribution in [0.4, 0.5) is 11.5 Å². The molecule has 0 saturated heterocycles. The Labute approximate surface area is 197 Å². The van der Waals surface area contributed by atoms with Crippen LogP contribution >= 0.6 is 0 Å². The van der Waals surface area contributed by atoms with Gasteiger partial charge in [0.2, 0.25) is 0 Å². The quantitative estimate of drug-likeness (QED) is 0.239. The van der Waals surface area contributed by atoms with Crippen molar-refractivity contribution < 1.29 is 5.11 Å². The average molecular weight is 457 g/mol. The molecule has 2 aromatic heterocycles. The van der Waals surface area contributed by atoms with Crippen molar-refractivity contribution >= 4 is 17.3 Å². The summed E-state index contributed by atoms with van der Waals surface area (Å²) in [5.74, 6) is 0.602. The zero-order valence-corrected chi connectivity index (χ0v) is 19.0. The lowest BCUT2D eigenvalue weighted by molar-refractivity contribution is 0.219. The number of nitrogen functional groups attached to an aromatic ring is 1. The van der Waals surface area contributed by atoms with Crippen molar-refractivity contribution in [1.29, 1.82) is 0 Å². The standard InChI is InChI=1S/C26H28N6O2/c1-18(17-33)16-32-24(27)23(26(34)31-32)25(30-21-7-3-2-4-8-21)29-15-19-10-12-20(13-11-19)22-9-5-6-14-28-22/h2-14,18,33H,15-17,27H2,1H3,(H,29,30)(H,31,34)/t18-/m1/s1. The number of nitrogens with zero attached hydrogens (tertiary/aromatic N) is 3. The van der Waals surface area contributed by atoms with Crippen LogP contribution in [0.2, 0.25) is 0 Å². The summed E-state index contributed by atoms with van der Waals surface area (Å²) in [6.45, 7) is 2.62. The summed E-state index contributed by atoms with van der Waals surface area (Å²) in [7, 11) is 0. The van der Waals surface area contributed by atoms with Crippen molar-refractivity contribution in [3.63, 3.8) is 0 Å². The third-order valence-corrected chi connectivity index (χ3v) is 5.42. The number of anilines is 2. The molecule has 0 spiro atoms. The van der Waals surface area contributed by atoms with Crippen LogP contribution in [0.1, 0.15) is 18.1 Å². The lowest BCUT2D eigenvalue weighted by Gasteiger charge is -2.12. The van der Waals surface area contributed by atoms with Gasteiger partial charge in [-0.15, -0.1) is 0 Å². The second-order valence-corrected chi connectivity index (χ2v) is 8.17. The zero-order valence-electron chi connectivity index (χ0n) is 19.0. The van der Waals surface area contributed by atoms with Gasteiger partial charge in [-0.25, -0.2) is 0 Å². The van der Waals surface area contributed by atoms with Crippen molar-refractivity contribution in [2.24, 2.45) is 10.9 Å². The van der Waals surface area contributed by atoms with E-state index >= 15 is 0 Å². The second kappa shape index (κ2) is 10.6. The van der Waals surface area contributed by atoms with Gasteiger partial charge in [0.25, 0.3) is 5.56 Å². The van der Waals surface area contributed by atoms with Gasteiger partial charge in [0.1, 0.15) is 17.2 Å². The van der Waals surface area contributed by atoms with Crippen molar-refractivity contribution in [3.05, 3.63) is 100 Å². The van der Waals surface area contributed by atoms with E-state index in [9.17, 15) is 9.90 Å². The summed E-state index contributed by atoms with van der Waals surface area (Å²) in [6.07, 6.45) is 1.77. The predicted octanol–water partition coefficient (Wildman–Crippen LogP) is 3.51. The van der Waals surface area contributed by atoms with E-state index < -0.39 is 0 Å². The van der Waals surface area contributed by atoms with Crippen molar-refractivity contribution in [2.45, 2.75) is 20.0 Å². The molecule has 0 aliphatic rings. The number of aromatic amines is 1. The molecule has 5 N–H and O–H groups in total. The van der Waals surface area contributed by atoms with E-state index in [1.54, 1.807) is 10.9 Å². The van der Waals surface area contributed by atoms with Crippen LogP contribution in [0.25, 0.3) is 11.3 Å². The largest absolute Gasteiger partial charge is 0.396 e. The van der Waals surface area contributed by atoms with Gasteiger partial charge in [-0.3, -0.25) is 24.6 Å². The molecule has 0 bridgehead atoms. The highest BCUT2D eigenvalue weighted by atomic mass is 16.3. The summed E-state index contributed by atoms with van der Waals surface area (Å²) in [6, 6.07) is 23.3. The molecule has 8 heteroatoms. The van der Waals surface area contributed by atoms with E-state index in [1.165, 1.54) is 0 Å². The SMILES string of the molecule is C[C@@H](CO)Cn1[nH]c(=O)c(C(=NCc2ccc(-c3ccccn3)cc2)Nc2ccccc2)c1N. The molecule has 1 atom stereocenters. The van der Waals surface area contributed by atoms with Crippen LogP contribution in [0.3, 0.4) is 0 Å². The Balaban J connectivity index is 1.64. The molecule has 34 heavy (non-hydrogen) atoms. The summed E-state index contributed by atoms with van der Waals surface area (Å²) in [4.78, 5) is 21.9. The van der Waals surface area contributed by atoms with Crippen LogP contribution < -0.4 is 16.6 Å². The molecule has 0 aliphatic carbocycles. The van der Waals surface area contributed by atoms with Crippen LogP contribution in [0.15, 0.2) is 88.8 Å². The molecule has 0 radical (unpaired) electrons. The van der Waals surface area contributed by atoms with E-state index in [4.69, 9.17) is 10.7 Å². The first-order valence-electron chi connectivity index (χ1n) is 11.1. The van der Waals surface area contributed by atoms with Gasteiger partial charge in [-0.2, -0.15) is 0 Å².